The molecule has 1 N–H and O–H groups in total. The Hall–Kier alpha value is -2.25. The van der Waals surface area contributed by atoms with E-state index in [1.54, 1.807) is 26.0 Å². The molecule has 2 aromatic carbocycles. The quantitative estimate of drug-likeness (QED) is 0.596. The summed E-state index contributed by atoms with van der Waals surface area (Å²) >= 11 is 7.22. The van der Waals surface area contributed by atoms with Crippen molar-refractivity contribution in [3.05, 3.63) is 64.2 Å². The standard InChI is InChI=1S/C19H21N3O2S2/c1-13-4-6-14(7-5-13)11-26-12-18-20-21-19(25)22(18)16-9-8-15(23-2)10-17(16)24-3/h4-10H,11-12H2,1-3H3,(H,21,25). The molecular weight excluding hydrogens is 366 g/mol. The van der Waals surface area contributed by atoms with Crippen molar-refractivity contribution < 1.29 is 9.47 Å². The van der Waals surface area contributed by atoms with Gasteiger partial charge in [0.1, 0.15) is 17.3 Å². The van der Waals surface area contributed by atoms with Crippen LogP contribution in [0.5, 0.6) is 11.5 Å². The van der Waals surface area contributed by atoms with Crippen LogP contribution < -0.4 is 9.47 Å². The van der Waals surface area contributed by atoms with Gasteiger partial charge < -0.3 is 9.47 Å². The summed E-state index contributed by atoms with van der Waals surface area (Å²) in [6.45, 7) is 2.09. The number of nitrogens with one attached hydrogen (secondary N) is 1. The number of methoxy groups -OCH3 is 2. The third-order valence-corrected chi connectivity index (χ3v) is 5.26. The molecule has 0 unspecified atom stereocenters. The van der Waals surface area contributed by atoms with Gasteiger partial charge in [-0.15, -0.1) is 11.8 Å². The maximum Gasteiger partial charge on any atom is 0.200 e. The highest BCUT2D eigenvalue weighted by molar-refractivity contribution is 7.97. The molecule has 0 aliphatic carbocycles. The van der Waals surface area contributed by atoms with Crippen molar-refractivity contribution in [2.45, 2.75) is 18.4 Å². The summed E-state index contributed by atoms with van der Waals surface area (Å²) in [6.07, 6.45) is 0. The largest absolute Gasteiger partial charge is 0.497 e. The van der Waals surface area contributed by atoms with E-state index < -0.39 is 0 Å². The van der Waals surface area contributed by atoms with Gasteiger partial charge in [0.2, 0.25) is 0 Å². The molecule has 0 saturated heterocycles. The van der Waals surface area contributed by atoms with E-state index in [0.29, 0.717) is 10.5 Å². The monoisotopic (exact) mass is 387 g/mol. The van der Waals surface area contributed by atoms with Gasteiger partial charge in [-0.2, -0.15) is 5.10 Å². The Morgan fingerprint density at radius 1 is 1.08 bits per heavy atom. The number of ether oxygens (including phenoxy) is 2. The van der Waals surface area contributed by atoms with Crippen LogP contribution >= 0.6 is 24.0 Å². The summed E-state index contributed by atoms with van der Waals surface area (Å²) in [7, 11) is 3.26. The first-order chi connectivity index (χ1) is 12.6. The maximum absolute atomic E-state index is 5.51. The number of thioether (sulfide) groups is 1. The zero-order chi connectivity index (χ0) is 18.5. The lowest BCUT2D eigenvalue weighted by molar-refractivity contribution is 0.393. The SMILES string of the molecule is COc1ccc(-n2c(CSCc3ccc(C)cc3)n[nH]c2=S)c(OC)c1. The molecule has 3 rings (SSSR count). The topological polar surface area (TPSA) is 52.1 Å². The molecule has 0 atom stereocenters. The molecule has 1 aromatic heterocycles. The van der Waals surface area contributed by atoms with E-state index in [0.717, 1.165) is 28.8 Å². The van der Waals surface area contributed by atoms with E-state index in [1.807, 2.05) is 22.8 Å². The highest BCUT2D eigenvalue weighted by atomic mass is 32.2. The van der Waals surface area contributed by atoms with Crippen LogP contribution in [0, 0.1) is 11.7 Å². The average Bonchev–Trinajstić information content (AvgIpc) is 3.03. The van der Waals surface area contributed by atoms with Crippen molar-refractivity contribution >= 4 is 24.0 Å². The highest BCUT2D eigenvalue weighted by Crippen LogP contribution is 2.29. The fourth-order valence-corrected chi connectivity index (χ4v) is 3.74. The van der Waals surface area contributed by atoms with Crippen molar-refractivity contribution in [2.75, 3.05) is 14.2 Å². The second-order valence-corrected chi connectivity index (χ2v) is 7.17. The molecule has 0 aliphatic heterocycles. The van der Waals surface area contributed by atoms with Crippen LogP contribution in [0.25, 0.3) is 5.69 Å². The first kappa shape index (κ1) is 18.5. The van der Waals surface area contributed by atoms with Gasteiger partial charge in [-0.3, -0.25) is 9.67 Å². The fraction of sp³-hybridized carbons (Fsp3) is 0.263. The maximum atomic E-state index is 5.51. The number of aromatic amines is 1. The first-order valence-electron chi connectivity index (χ1n) is 8.14. The van der Waals surface area contributed by atoms with Gasteiger partial charge in [0.05, 0.1) is 25.7 Å². The molecule has 5 nitrogen and oxygen atoms in total. The minimum Gasteiger partial charge on any atom is -0.497 e. The Kier molecular flexibility index (Phi) is 6.00. The van der Waals surface area contributed by atoms with Gasteiger partial charge in [-0.1, -0.05) is 29.8 Å². The number of rotatable bonds is 7. The van der Waals surface area contributed by atoms with Gasteiger partial charge in [0.25, 0.3) is 0 Å². The number of aryl methyl sites for hydroxylation is 1. The normalized spacial score (nSPS) is 10.7. The molecule has 26 heavy (non-hydrogen) atoms. The van der Waals surface area contributed by atoms with Crippen LogP contribution in [0.2, 0.25) is 0 Å². The third kappa shape index (κ3) is 4.11. The molecule has 0 amide bonds. The molecule has 7 heteroatoms. The van der Waals surface area contributed by atoms with Crippen LogP contribution in [0.3, 0.4) is 0 Å². The molecule has 0 saturated carbocycles. The van der Waals surface area contributed by atoms with E-state index in [2.05, 4.69) is 41.4 Å². The Labute approximate surface area is 162 Å². The van der Waals surface area contributed by atoms with E-state index in [1.165, 1.54) is 11.1 Å². The smallest absolute Gasteiger partial charge is 0.200 e. The van der Waals surface area contributed by atoms with E-state index in [4.69, 9.17) is 21.7 Å². The molecule has 0 bridgehead atoms. The number of H-pyrrole nitrogens is 1. The number of benzene rings is 2. The lowest BCUT2D eigenvalue weighted by atomic mass is 10.2. The van der Waals surface area contributed by atoms with Gasteiger partial charge in [0, 0.05) is 11.8 Å². The summed E-state index contributed by atoms with van der Waals surface area (Å²) < 4.78 is 13.2. The number of hydrogen-bond acceptors (Lipinski definition) is 5. The van der Waals surface area contributed by atoms with Crippen molar-refractivity contribution in [3.8, 4) is 17.2 Å². The Balaban J connectivity index is 1.81. The Morgan fingerprint density at radius 3 is 2.54 bits per heavy atom. The van der Waals surface area contributed by atoms with E-state index in [-0.39, 0.29) is 0 Å². The molecule has 3 aromatic rings. The molecule has 0 aliphatic rings. The van der Waals surface area contributed by atoms with Crippen LogP contribution in [0.15, 0.2) is 42.5 Å². The highest BCUT2D eigenvalue weighted by Gasteiger charge is 2.14. The zero-order valence-electron chi connectivity index (χ0n) is 15.0. The number of hydrogen-bond donors (Lipinski definition) is 1. The Bertz CT molecular complexity index is 933. The van der Waals surface area contributed by atoms with E-state index >= 15 is 0 Å². The average molecular weight is 388 g/mol. The van der Waals surface area contributed by atoms with Gasteiger partial charge in [-0.05, 0) is 36.8 Å². The molecule has 1 heterocycles. The molecular formula is C19H21N3O2S2. The van der Waals surface area contributed by atoms with Crippen LogP contribution in [0.1, 0.15) is 17.0 Å². The van der Waals surface area contributed by atoms with Crippen molar-refractivity contribution in [2.24, 2.45) is 0 Å². The Morgan fingerprint density at radius 2 is 1.85 bits per heavy atom. The summed E-state index contributed by atoms with van der Waals surface area (Å²) in [5, 5.41) is 7.28. The summed E-state index contributed by atoms with van der Waals surface area (Å²) in [4.78, 5) is 0. The lowest BCUT2D eigenvalue weighted by Crippen LogP contribution is -2.03. The van der Waals surface area contributed by atoms with Crippen molar-refractivity contribution in [1.82, 2.24) is 14.8 Å². The minimum atomic E-state index is 0.541. The summed E-state index contributed by atoms with van der Waals surface area (Å²) in [5.41, 5.74) is 3.41. The minimum absolute atomic E-state index is 0.541. The molecule has 0 radical (unpaired) electrons. The third-order valence-electron chi connectivity index (χ3n) is 3.99. The first-order valence-corrected chi connectivity index (χ1v) is 9.70. The summed E-state index contributed by atoms with van der Waals surface area (Å²) in [5.74, 6) is 3.92. The van der Waals surface area contributed by atoms with Gasteiger partial charge in [0.15, 0.2) is 4.77 Å². The molecule has 136 valence electrons. The predicted molar refractivity (Wildman–Crippen MR) is 108 cm³/mol. The van der Waals surface area contributed by atoms with Crippen LogP contribution in [-0.4, -0.2) is 29.0 Å². The van der Waals surface area contributed by atoms with Crippen LogP contribution in [0.4, 0.5) is 0 Å². The van der Waals surface area contributed by atoms with E-state index in [9.17, 15) is 0 Å². The number of aromatic nitrogens is 3. The van der Waals surface area contributed by atoms with Gasteiger partial charge >= 0.3 is 0 Å². The second-order valence-electron chi connectivity index (χ2n) is 5.80. The summed E-state index contributed by atoms with van der Waals surface area (Å²) in [6, 6.07) is 14.2. The molecule has 0 spiro atoms. The second kappa shape index (κ2) is 8.42. The fourth-order valence-electron chi connectivity index (χ4n) is 2.59. The van der Waals surface area contributed by atoms with Crippen molar-refractivity contribution in [3.63, 3.8) is 0 Å². The van der Waals surface area contributed by atoms with Crippen LogP contribution in [-0.2, 0) is 11.5 Å². The van der Waals surface area contributed by atoms with Gasteiger partial charge in [-0.25, -0.2) is 0 Å². The number of nitrogens with zero attached hydrogens (tertiary/aromatic N) is 2. The molecule has 0 fully saturated rings. The zero-order valence-corrected chi connectivity index (χ0v) is 16.6. The lowest BCUT2D eigenvalue weighted by Gasteiger charge is -2.12. The predicted octanol–water partition coefficient (Wildman–Crippen LogP) is 4.69. The van der Waals surface area contributed by atoms with Crippen molar-refractivity contribution in [1.29, 1.82) is 0 Å².